The molecule has 1 aromatic rings. The summed E-state index contributed by atoms with van der Waals surface area (Å²) in [5.41, 5.74) is 0.730. The maximum Gasteiger partial charge on any atom is 0.323 e. The molecule has 0 spiro atoms. The van der Waals surface area contributed by atoms with Crippen LogP contribution in [0.15, 0.2) is 12.1 Å². The number of fused-ring (bicyclic) bond motifs is 1. The first kappa shape index (κ1) is 10.3. The standard InChI is InChI=1S/C9H8FN3O3/c10-7-2-1-5-6(11-7)3-13(4-8(14)15)9(16)12-5/h1-2H,3-4H2,(H,12,16)(H,14,15). The number of carboxylic acids is 1. The Balaban J connectivity index is 2.26. The minimum Gasteiger partial charge on any atom is -0.480 e. The van der Waals surface area contributed by atoms with Gasteiger partial charge in [0, 0.05) is 0 Å². The Morgan fingerprint density at radius 1 is 1.62 bits per heavy atom. The van der Waals surface area contributed by atoms with E-state index in [1.54, 1.807) is 0 Å². The first-order chi connectivity index (χ1) is 7.56. The van der Waals surface area contributed by atoms with E-state index in [9.17, 15) is 14.0 Å². The average Bonchev–Trinajstić information content (AvgIpc) is 2.19. The van der Waals surface area contributed by atoms with Gasteiger partial charge in [0.2, 0.25) is 5.95 Å². The molecule has 0 radical (unpaired) electrons. The highest BCUT2D eigenvalue weighted by Gasteiger charge is 2.25. The lowest BCUT2D eigenvalue weighted by Gasteiger charge is -2.26. The number of carbonyl (C=O) groups is 2. The number of nitrogens with one attached hydrogen (secondary N) is 1. The summed E-state index contributed by atoms with van der Waals surface area (Å²) in [7, 11) is 0. The van der Waals surface area contributed by atoms with Crippen LogP contribution in [0.5, 0.6) is 0 Å². The molecule has 2 N–H and O–H groups in total. The quantitative estimate of drug-likeness (QED) is 0.724. The molecule has 1 aromatic heterocycles. The molecule has 1 aliphatic heterocycles. The van der Waals surface area contributed by atoms with Crippen LogP contribution in [-0.4, -0.2) is 33.5 Å². The van der Waals surface area contributed by atoms with Gasteiger partial charge in [0.25, 0.3) is 0 Å². The van der Waals surface area contributed by atoms with E-state index >= 15 is 0 Å². The maximum absolute atomic E-state index is 12.8. The molecule has 0 saturated carbocycles. The molecule has 0 fully saturated rings. The largest absolute Gasteiger partial charge is 0.480 e. The summed E-state index contributed by atoms with van der Waals surface area (Å²) in [6.07, 6.45) is 0. The van der Waals surface area contributed by atoms with Gasteiger partial charge in [0.05, 0.1) is 17.9 Å². The van der Waals surface area contributed by atoms with Gasteiger partial charge in [-0.15, -0.1) is 0 Å². The molecule has 2 heterocycles. The molecular formula is C9H8FN3O3. The lowest BCUT2D eigenvalue weighted by molar-refractivity contribution is -0.137. The fourth-order valence-corrected chi connectivity index (χ4v) is 1.45. The Morgan fingerprint density at radius 2 is 2.38 bits per heavy atom. The van der Waals surface area contributed by atoms with Gasteiger partial charge in [-0.3, -0.25) is 4.79 Å². The van der Waals surface area contributed by atoms with Gasteiger partial charge in [-0.05, 0) is 12.1 Å². The molecule has 0 bridgehead atoms. The van der Waals surface area contributed by atoms with Crippen LogP contribution in [0.4, 0.5) is 14.9 Å². The van der Waals surface area contributed by atoms with Crippen LogP contribution >= 0.6 is 0 Å². The minimum absolute atomic E-state index is 0.00870. The van der Waals surface area contributed by atoms with Gasteiger partial charge < -0.3 is 15.3 Å². The van der Waals surface area contributed by atoms with Gasteiger partial charge in [0.15, 0.2) is 0 Å². The maximum atomic E-state index is 12.8. The number of aliphatic carboxylic acids is 1. The van der Waals surface area contributed by atoms with Crippen LogP contribution < -0.4 is 5.32 Å². The molecular weight excluding hydrogens is 217 g/mol. The van der Waals surface area contributed by atoms with Gasteiger partial charge in [-0.2, -0.15) is 4.39 Å². The Labute approximate surface area is 89.7 Å². The predicted octanol–water partition coefficient (Wildman–Crippen LogP) is 0.653. The highest BCUT2D eigenvalue weighted by atomic mass is 19.1. The SMILES string of the molecule is O=C(O)CN1Cc2nc(F)ccc2NC1=O. The number of hydrogen-bond acceptors (Lipinski definition) is 3. The third-order valence-corrected chi connectivity index (χ3v) is 2.14. The number of urea groups is 1. The lowest BCUT2D eigenvalue weighted by atomic mass is 10.2. The van der Waals surface area contributed by atoms with E-state index in [2.05, 4.69) is 10.3 Å². The van der Waals surface area contributed by atoms with Crippen molar-refractivity contribution in [1.29, 1.82) is 0 Å². The zero-order valence-electron chi connectivity index (χ0n) is 8.11. The van der Waals surface area contributed by atoms with E-state index in [4.69, 9.17) is 5.11 Å². The van der Waals surface area contributed by atoms with E-state index in [1.807, 2.05) is 0 Å². The molecule has 2 amide bonds. The molecule has 2 rings (SSSR count). The first-order valence-electron chi connectivity index (χ1n) is 4.49. The van der Waals surface area contributed by atoms with Crippen molar-refractivity contribution in [3.63, 3.8) is 0 Å². The molecule has 16 heavy (non-hydrogen) atoms. The van der Waals surface area contributed by atoms with Crippen LogP contribution in [0.1, 0.15) is 5.69 Å². The predicted molar refractivity (Wildman–Crippen MR) is 51.3 cm³/mol. The van der Waals surface area contributed by atoms with Gasteiger partial charge in [-0.1, -0.05) is 0 Å². The van der Waals surface area contributed by atoms with Crippen molar-refractivity contribution >= 4 is 17.7 Å². The summed E-state index contributed by atoms with van der Waals surface area (Å²) >= 11 is 0. The van der Waals surface area contributed by atoms with E-state index in [-0.39, 0.29) is 6.54 Å². The highest BCUT2D eigenvalue weighted by Crippen LogP contribution is 2.21. The molecule has 6 nitrogen and oxygen atoms in total. The zero-order chi connectivity index (χ0) is 11.7. The molecule has 0 saturated heterocycles. The number of carbonyl (C=O) groups excluding carboxylic acids is 1. The van der Waals surface area contributed by atoms with Crippen LogP contribution in [0.2, 0.25) is 0 Å². The fourth-order valence-electron chi connectivity index (χ4n) is 1.45. The number of carboxylic acid groups (broad SMARTS) is 1. The fraction of sp³-hybridized carbons (Fsp3) is 0.222. The van der Waals surface area contributed by atoms with Crippen molar-refractivity contribution in [2.45, 2.75) is 6.54 Å². The zero-order valence-corrected chi connectivity index (χ0v) is 8.11. The number of amides is 2. The van der Waals surface area contributed by atoms with Gasteiger partial charge >= 0.3 is 12.0 Å². The molecule has 1 aliphatic rings. The third-order valence-electron chi connectivity index (χ3n) is 2.14. The van der Waals surface area contributed by atoms with Crippen molar-refractivity contribution in [2.75, 3.05) is 11.9 Å². The third kappa shape index (κ3) is 1.92. The number of anilines is 1. The van der Waals surface area contributed by atoms with Crippen LogP contribution in [0, 0.1) is 5.95 Å². The average molecular weight is 225 g/mol. The number of hydrogen-bond donors (Lipinski definition) is 2. The molecule has 7 heteroatoms. The number of halogens is 1. The van der Waals surface area contributed by atoms with E-state index in [0.717, 1.165) is 11.0 Å². The smallest absolute Gasteiger partial charge is 0.323 e. The summed E-state index contributed by atoms with van der Waals surface area (Å²) in [5, 5.41) is 11.0. The molecule has 84 valence electrons. The normalized spacial score (nSPS) is 14.3. The number of rotatable bonds is 2. The van der Waals surface area contributed by atoms with E-state index in [1.165, 1.54) is 6.07 Å². The van der Waals surface area contributed by atoms with Gasteiger partial charge in [0.1, 0.15) is 6.54 Å². The second-order valence-corrected chi connectivity index (χ2v) is 3.31. The molecule has 0 aliphatic carbocycles. The van der Waals surface area contributed by atoms with E-state index in [0.29, 0.717) is 11.4 Å². The summed E-state index contributed by atoms with van der Waals surface area (Å²) in [5.74, 6) is -1.79. The Morgan fingerprint density at radius 3 is 3.06 bits per heavy atom. The summed E-state index contributed by atoms with van der Waals surface area (Å²) < 4.78 is 12.8. The van der Waals surface area contributed by atoms with Crippen molar-refractivity contribution in [3.05, 3.63) is 23.8 Å². The first-order valence-corrected chi connectivity index (χ1v) is 4.49. The van der Waals surface area contributed by atoms with Crippen LogP contribution in [0.3, 0.4) is 0 Å². The van der Waals surface area contributed by atoms with Crippen LogP contribution in [0.25, 0.3) is 0 Å². The summed E-state index contributed by atoms with van der Waals surface area (Å²) in [6.45, 7) is -0.450. The summed E-state index contributed by atoms with van der Waals surface area (Å²) in [6, 6.07) is 2.00. The van der Waals surface area contributed by atoms with E-state index < -0.39 is 24.5 Å². The second kappa shape index (κ2) is 3.76. The molecule has 0 unspecified atom stereocenters. The summed E-state index contributed by atoms with van der Waals surface area (Å²) in [4.78, 5) is 26.5. The molecule has 0 aromatic carbocycles. The topological polar surface area (TPSA) is 82.5 Å². The second-order valence-electron chi connectivity index (χ2n) is 3.31. The van der Waals surface area contributed by atoms with Crippen molar-refractivity contribution in [3.8, 4) is 0 Å². The number of pyridine rings is 1. The van der Waals surface area contributed by atoms with Crippen molar-refractivity contribution < 1.29 is 19.1 Å². The number of aromatic nitrogens is 1. The minimum atomic E-state index is -1.13. The Kier molecular flexibility index (Phi) is 2.43. The van der Waals surface area contributed by atoms with Crippen molar-refractivity contribution in [1.82, 2.24) is 9.88 Å². The number of nitrogens with zero attached hydrogens (tertiary/aromatic N) is 2. The Hall–Kier alpha value is -2.18. The monoisotopic (exact) mass is 225 g/mol. The highest BCUT2D eigenvalue weighted by molar-refractivity contribution is 5.93. The van der Waals surface area contributed by atoms with Gasteiger partial charge in [-0.25, -0.2) is 9.78 Å². The van der Waals surface area contributed by atoms with Crippen molar-refractivity contribution in [2.24, 2.45) is 0 Å². The lowest BCUT2D eigenvalue weighted by Crippen LogP contribution is -2.42. The Bertz CT molecular complexity index is 463. The molecule has 0 atom stereocenters. The van der Waals surface area contributed by atoms with Crippen LogP contribution in [-0.2, 0) is 11.3 Å².